The van der Waals surface area contributed by atoms with Crippen molar-refractivity contribution in [2.45, 2.75) is 5.03 Å². The van der Waals surface area contributed by atoms with Crippen molar-refractivity contribution in [1.82, 2.24) is 15.3 Å². The highest BCUT2D eigenvalue weighted by Crippen LogP contribution is 2.17. The minimum absolute atomic E-state index is 0.0350. The number of thioether (sulfide) groups is 1. The molecule has 0 aliphatic heterocycles. The van der Waals surface area contributed by atoms with Crippen LogP contribution in [0.2, 0.25) is 0 Å². The van der Waals surface area contributed by atoms with Crippen LogP contribution in [-0.4, -0.2) is 47.2 Å². The first-order chi connectivity index (χ1) is 14.0. The van der Waals surface area contributed by atoms with Crippen molar-refractivity contribution in [2.24, 2.45) is 0 Å². The molecule has 0 radical (unpaired) electrons. The predicted molar refractivity (Wildman–Crippen MR) is 107 cm³/mol. The van der Waals surface area contributed by atoms with E-state index in [0.29, 0.717) is 10.8 Å². The van der Waals surface area contributed by atoms with Crippen molar-refractivity contribution in [2.75, 3.05) is 19.5 Å². The standard InChI is InChI=1S/C20H17N3O5S/c1-27-14-8-6-13(7-9-14)20(26)23-17(24)11-28-19(25)12-29-18-10-21-15-4-2-3-5-16(15)22-18/h2-10H,11-12H2,1H3,(H,23,24,26). The second-order valence-corrected chi connectivity index (χ2v) is 6.75. The number of nitrogens with zero attached hydrogens (tertiary/aromatic N) is 2. The zero-order chi connectivity index (χ0) is 20.6. The molecular weight excluding hydrogens is 394 g/mol. The SMILES string of the molecule is COc1ccc(C(=O)NC(=O)COC(=O)CSc2cnc3ccccc3n2)cc1. The zero-order valence-electron chi connectivity index (χ0n) is 15.5. The summed E-state index contributed by atoms with van der Waals surface area (Å²) >= 11 is 1.15. The van der Waals surface area contributed by atoms with Crippen molar-refractivity contribution >= 4 is 40.6 Å². The largest absolute Gasteiger partial charge is 0.497 e. The van der Waals surface area contributed by atoms with E-state index in [1.165, 1.54) is 19.2 Å². The van der Waals surface area contributed by atoms with E-state index in [9.17, 15) is 14.4 Å². The van der Waals surface area contributed by atoms with Gasteiger partial charge in [-0.25, -0.2) is 4.98 Å². The quantitative estimate of drug-likeness (QED) is 0.466. The molecule has 1 aromatic heterocycles. The second-order valence-electron chi connectivity index (χ2n) is 5.75. The summed E-state index contributed by atoms with van der Waals surface area (Å²) in [6, 6.07) is 13.6. The lowest BCUT2D eigenvalue weighted by atomic mass is 10.2. The highest BCUT2D eigenvalue weighted by Gasteiger charge is 2.13. The number of fused-ring (bicyclic) bond motifs is 1. The van der Waals surface area contributed by atoms with Crippen LogP contribution in [0.15, 0.2) is 59.8 Å². The molecule has 2 amide bonds. The van der Waals surface area contributed by atoms with E-state index in [1.807, 2.05) is 24.3 Å². The number of nitrogens with one attached hydrogen (secondary N) is 1. The number of carbonyl (C=O) groups is 3. The number of imide groups is 1. The number of hydrogen-bond donors (Lipinski definition) is 1. The van der Waals surface area contributed by atoms with E-state index in [-0.39, 0.29) is 11.3 Å². The van der Waals surface area contributed by atoms with Crippen LogP contribution < -0.4 is 10.1 Å². The molecule has 148 valence electrons. The smallest absolute Gasteiger partial charge is 0.316 e. The van der Waals surface area contributed by atoms with Gasteiger partial charge in [-0.2, -0.15) is 0 Å². The van der Waals surface area contributed by atoms with Crippen LogP contribution in [-0.2, 0) is 14.3 Å². The number of ether oxygens (including phenoxy) is 2. The maximum atomic E-state index is 12.0. The van der Waals surface area contributed by atoms with E-state index in [4.69, 9.17) is 9.47 Å². The normalized spacial score (nSPS) is 10.4. The van der Waals surface area contributed by atoms with Crippen LogP contribution in [0.3, 0.4) is 0 Å². The average molecular weight is 411 g/mol. The van der Waals surface area contributed by atoms with E-state index < -0.39 is 24.4 Å². The van der Waals surface area contributed by atoms with Gasteiger partial charge in [0.2, 0.25) is 0 Å². The summed E-state index contributed by atoms with van der Waals surface area (Å²) in [6.45, 7) is -0.551. The Bertz CT molecular complexity index is 1040. The van der Waals surface area contributed by atoms with Gasteiger partial charge in [0.25, 0.3) is 11.8 Å². The van der Waals surface area contributed by atoms with Crippen LogP contribution in [0, 0.1) is 0 Å². The molecule has 29 heavy (non-hydrogen) atoms. The molecule has 0 saturated carbocycles. The van der Waals surface area contributed by atoms with Crippen LogP contribution in [0.25, 0.3) is 11.0 Å². The first kappa shape index (κ1) is 20.3. The first-order valence-corrected chi connectivity index (χ1v) is 9.52. The minimum atomic E-state index is -0.713. The molecule has 0 fully saturated rings. The molecule has 1 heterocycles. The summed E-state index contributed by atoms with van der Waals surface area (Å²) in [5.74, 6) is -1.34. The number of aromatic nitrogens is 2. The number of esters is 1. The Morgan fingerprint density at radius 2 is 1.76 bits per heavy atom. The molecule has 2 aromatic carbocycles. The van der Waals surface area contributed by atoms with Crippen LogP contribution in [0.1, 0.15) is 10.4 Å². The number of carbonyl (C=O) groups excluding carboxylic acids is 3. The van der Waals surface area contributed by atoms with Crippen LogP contribution in [0.4, 0.5) is 0 Å². The van der Waals surface area contributed by atoms with E-state index >= 15 is 0 Å². The van der Waals surface area contributed by atoms with Crippen molar-refractivity contribution in [3.63, 3.8) is 0 Å². The molecule has 3 rings (SSSR count). The average Bonchev–Trinajstić information content (AvgIpc) is 2.76. The lowest BCUT2D eigenvalue weighted by molar-refractivity contribution is -0.145. The third-order valence-electron chi connectivity index (χ3n) is 3.73. The van der Waals surface area contributed by atoms with Gasteiger partial charge in [0.05, 0.1) is 30.1 Å². The number of benzene rings is 2. The molecule has 3 aromatic rings. The Morgan fingerprint density at radius 3 is 2.48 bits per heavy atom. The minimum Gasteiger partial charge on any atom is -0.497 e. The summed E-state index contributed by atoms with van der Waals surface area (Å²) in [5.41, 5.74) is 1.77. The van der Waals surface area contributed by atoms with Gasteiger partial charge in [-0.05, 0) is 36.4 Å². The van der Waals surface area contributed by atoms with Crippen molar-refractivity contribution in [1.29, 1.82) is 0 Å². The fourth-order valence-corrected chi connectivity index (χ4v) is 2.95. The first-order valence-electron chi connectivity index (χ1n) is 8.53. The zero-order valence-corrected chi connectivity index (χ0v) is 16.3. The van der Waals surface area contributed by atoms with E-state index in [1.54, 1.807) is 18.3 Å². The van der Waals surface area contributed by atoms with Gasteiger partial charge in [-0.1, -0.05) is 23.9 Å². The number of rotatable bonds is 7. The molecule has 1 N–H and O–H groups in total. The van der Waals surface area contributed by atoms with E-state index in [2.05, 4.69) is 15.3 Å². The van der Waals surface area contributed by atoms with Crippen LogP contribution >= 0.6 is 11.8 Å². The van der Waals surface area contributed by atoms with Gasteiger partial charge < -0.3 is 9.47 Å². The van der Waals surface area contributed by atoms with Gasteiger partial charge in [0, 0.05) is 5.56 Å². The summed E-state index contributed by atoms with van der Waals surface area (Å²) in [6.07, 6.45) is 1.57. The Morgan fingerprint density at radius 1 is 1.03 bits per heavy atom. The second kappa shape index (κ2) is 9.65. The Kier molecular flexibility index (Phi) is 6.75. The van der Waals surface area contributed by atoms with Crippen molar-refractivity contribution in [3.05, 3.63) is 60.3 Å². The summed E-state index contributed by atoms with van der Waals surface area (Å²) in [5, 5.41) is 2.73. The fourth-order valence-electron chi connectivity index (χ4n) is 2.31. The Labute approximate surface area is 170 Å². The molecular formula is C20H17N3O5S. The molecule has 0 unspecified atom stereocenters. The third-order valence-corrected chi connectivity index (χ3v) is 4.61. The topological polar surface area (TPSA) is 107 Å². The Hall–Kier alpha value is -3.46. The third kappa shape index (κ3) is 5.76. The highest BCUT2D eigenvalue weighted by atomic mass is 32.2. The van der Waals surface area contributed by atoms with Crippen LogP contribution in [0.5, 0.6) is 5.75 Å². The predicted octanol–water partition coefficient (Wildman–Crippen LogP) is 2.23. The molecule has 0 aliphatic rings. The fraction of sp³-hybridized carbons (Fsp3) is 0.150. The number of amides is 2. The Balaban J connectivity index is 1.43. The van der Waals surface area contributed by atoms with Crippen molar-refractivity contribution < 1.29 is 23.9 Å². The molecule has 0 spiro atoms. The molecule has 0 saturated heterocycles. The van der Waals surface area contributed by atoms with Gasteiger partial charge in [-0.15, -0.1) is 0 Å². The van der Waals surface area contributed by atoms with E-state index in [0.717, 1.165) is 22.8 Å². The molecule has 0 atom stereocenters. The maximum absolute atomic E-state index is 12.0. The lowest BCUT2D eigenvalue weighted by Crippen LogP contribution is -2.34. The van der Waals surface area contributed by atoms with Gasteiger partial charge in [0.15, 0.2) is 6.61 Å². The molecule has 9 heteroatoms. The van der Waals surface area contributed by atoms with Gasteiger partial charge >= 0.3 is 5.97 Å². The van der Waals surface area contributed by atoms with Gasteiger partial charge in [-0.3, -0.25) is 24.7 Å². The monoisotopic (exact) mass is 411 g/mol. The number of methoxy groups -OCH3 is 1. The summed E-state index contributed by atoms with van der Waals surface area (Å²) in [7, 11) is 1.51. The molecule has 0 aliphatic carbocycles. The highest BCUT2D eigenvalue weighted by molar-refractivity contribution is 7.99. The lowest BCUT2D eigenvalue weighted by Gasteiger charge is -2.06. The number of hydrogen-bond acceptors (Lipinski definition) is 8. The number of para-hydroxylation sites is 2. The summed E-state index contributed by atoms with van der Waals surface area (Å²) in [4.78, 5) is 44.3. The molecule has 8 nitrogen and oxygen atoms in total. The van der Waals surface area contributed by atoms with Crippen molar-refractivity contribution in [3.8, 4) is 5.75 Å². The molecule has 0 bridgehead atoms. The summed E-state index contributed by atoms with van der Waals surface area (Å²) < 4.78 is 9.90. The van der Waals surface area contributed by atoms with Gasteiger partial charge in [0.1, 0.15) is 10.8 Å². The maximum Gasteiger partial charge on any atom is 0.316 e.